The van der Waals surface area contributed by atoms with Gasteiger partial charge in [-0.1, -0.05) is 55.4 Å². The Labute approximate surface area is 157 Å². The van der Waals surface area contributed by atoms with Crippen LogP contribution in [-0.4, -0.2) is 28.9 Å². The Hall–Kier alpha value is -1.94. The molecule has 0 aromatic heterocycles. The Morgan fingerprint density at radius 1 is 1.23 bits per heavy atom. The summed E-state index contributed by atoms with van der Waals surface area (Å²) in [4.78, 5) is 24.3. The lowest BCUT2D eigenvalue weighted by molar-refractivity contribution is -0.131. The van der Waals surface area contributed by atoms with Crippen LogP contribution < -0.4 is 5.32 Å². The van der Waals surface area contributed by atoms with Crippen molar-refractivity contribution in [3.8, 4) is 0 Å². The first kappa shape index (κ1) is 22.1. The van der Waals surface area contributed by atoms with Crippen molar-refractivity contribution < 1.29 is 14.7 Å². The van der Waals surface area contributed by atoms with E-state index in [-0.39, 0.29) is 17.7 Å². The molecule has 2 N–H and O–H groups in total. The van der Waals surface area contributed by atoms with E-state index in [0.717, 1.165) is 6.42 Å². The third-order valence-electron chi connectivity index (χ3n) is 4.56. The van der Waals surface area contributed by atoms with Crippen molar-refractivity contribution in [1.29, 1.82) is 0 Å². The number of ketones is 1. The van der Waals surface area contributed by atoms with Crippen molar-refractivity contribution in [3.63, 3.8) is 0 Å². The van der Waals surface area contributed by atoms with E-state index in [4.69, 9.17) is 0 Å². The van der Waals surface area contributed by atoms with E-state index < -0.39 is 12.0 Å². The molecule has 4 heteroatoms. The van der Waals surface area contributed by atoms with Gasteiger partial charge in [0.2, 0.25) is 5.91 Å². The highest BCUT2D eigenvalue weighted by Crippen LogP contribution is 2.23. The monoisotopic (exact) mass is 359 g/mol. The molecule has 0 spiro atoms. The second-order valence-electron chi connectivity index (χ2n) is 7.44. The van der Waals surface area contributed by atoms with Crippen molar-refractivity contribution in [2.75, 3.05) is 0 Å². The summed E-state index contributed by atoms with van der Waals surface area (Å²) in [6.45, 7) is 10.2. The Balaban J connectivity index is 2.53. The molecule has 3 atom stereocenters. The predicted molar refractivity (Wildman–Crippen MR) is 107 cm³/mol. The number of carbonyl (C=O) groups excluding carboxylic acids is 2. The molecule has 0 aromatic carbocycles. The fourth-order valence-electron chi connectivity index (χ4n) is 2.92. The minimum atomic E-state index is -0.980. The topological polar surface area (TPSA) is 66.4 Å². The molecular weight excluding hydrogens is 326 g/mol. The SMILES string of the molecule is C/C=C(C)/C=C/C/C(C)=C\C/C=C\C(=O)C1C(=O)N[C@@H](CC(C)C)C1O. The molecule has 26 heavy (non-hydrogen) atoms. The third kappa shape index (κ3) is 7.12. The number of hydrogen-bond donors (Lipinski definition) is 2. The van der Waals surface area contributed by atoms with E-state index in [1.165, 1.54) is 17.2 Å². The van der Waals surface area contributed by atoms with Crippen LogP contribution in [0.25, 0.3) is 0 Å². The summed E-state index contributed by atoms with van der Waals surface area (Å²) in [6.07, 6.45) is 12.7. The zero-order valence-electron chi connectivity index (χ0n) is 16.7. The summed E-state index contributed by atoms with van der Waals surface area (Å²) in [7, 11) is 0. The molecule has 0 bridgehead atoms. The number of nitrogens with one attached hydrogen (secondary N) is 1. The van der Waals surface area contributed by atoms with Crippen LogP contribution in [-0.2, 0) is 9.59 Å². The van der Waals surface area contributed by atoms with E-state index in [0.29, 0.717) is 18.8 Å². The molecule has 1 rings (SSSR count). The number of aliphatic hydroxyl groups is 1. The summed E-state index contributed by atoms with van der Waals surface area (Å²) < 4.78 is 0. The number of aliphatic hydroxyl groups excluding tert-OH is 1. The van der Waals surface area contributed by atoms with Crippen molar-refractivity contribution in [2.24, 2.45) is 11.8 Å². The molecule has 1 fully saturated rings. The highest BCUT2D eigenvalue weighted by molar-refractivity contribution is 6.08. The van der Waals surface area contributed by atoms with Gasteiger partial charge in [-0.15, -0.1) is 0 Å². The Kier molecular flexibility index (Phi) is 9.28. The van der Waals surface area contributed by atoms with Crippen molar-refractivity contribution in [3.05, 3.63) is 47.6 Å². The maximum Gasteiger partial charge on any atom is 0.233 e. The number of hydrogen-bond acceptors (Lipinski definition) is 3. The van der Waals surface area contributed by atoms with E-state index in [1.54, 1.807) is 6.08 Å². The zero-order valence-corrected chi connectivity index (χ0v) is 16.7. The lowest BCUT2D eigenvalue weighted by Gasteiger charge is -2.17. The standard InChI is InChI=1S/C22H33NO3/c1-6-16(4)11-9-12-17(5)10-7-8-13-19(24)20-21(25)18(14-15(2)3)23-22(20)26/h6,8-11,13,15,18,20-21,25H,7,12,14H2,1-5H3,(H,23,26)/b11-9+,13-8-,16-6+,17-10-/t18-,20?,21?/m0/s1. The van der Waals surface area contributed by atoms with Gasteiger partial charge in [0, 0.05) is 0 Å². The molecular formula is C22H33NO3. The van der Waals surface area contributed by atoms with Crippen LogP contribution in [0.5, 0.6) is 0 Å². The molecule has 0 saturated carbocycles. The molecule has 1 saturated heterocycles. The summed E-state index contributed by atoms with van der Waals surface area (Å²) in [6, 6.07) is -0.334. The zero-order chi connectivity index (χ0) is 19.7. The largest absolute Gasteiger partial charge is 0.390 e. The first-order valence-electron chi connectivity index (χ1n) is 9.40. The lowest BCUT2D eigenvalue weighted by atomic mass is 9.92. The normalized spacial score (nSPS) is 24.9. The average molecular weight is 360 g/mol. The maximum atomic E-state index is 12.3. The Morgan fingerprint density at radius 3 is 2.54 bits per heavy atom. The number of rotatable bonds is 9. The van der Waals surface area contributed by atoms with Crippen LogP contribution in [0, 0.1) is 11.8 Å². The van der Waals surface area contributed by atoms with Gasteiger partial charge in [0.15, 0.2) is 5.78 Å². The Morgan fingerprint density at radius 2 is 1.92 bits per heavy atom. The summed E-state index contributed by atoms with van der Waals surface area (Å²) in [5.74, 6) is -1.32. The van der Waals surface area contributed by atoms with Crippen molar-refractivity contribution >= 4 is 11.7 Å². The minimum Gasteiger partial charge on any atom is -0.390 e. The van der Waals surface area contributed by atoms with Crippen LogP contribution in [0.1, 0.15) is 53.9 Å². The Bertz CT molecular complexity index is 611. The molecule has 144 valence electrons. The number of allylic oxidation sites excluding steroid dienone is 8. The van der Waals surface area contributed by atoms with E-state index in [1.807, 2.05) is 20.8 Å². The fraction of sp³-hybridized carbons (Fsp3) is 0.545. The lowest BCUT2D eigenvalue weighted by Crippen LogP contribution is -2.34. The second-order valence-corrected chi connectivity index (χ2v) is 7.44. The summed E-state index contributed by atoms with van der Waals surface area (Å²) >= 11 is 0. The van der Waals surface area contributed by atoms with Gasteiger partial charge in [0.05, 0.1) is 12.1 Å². The number of amides is 1. The van der Waals surface area contributed by atoms with Crippen LogP contribution in [0.15, 0.2) is 47.6 Å². The van der Waals surface area contributed by atoms with Gasteiger partial charge in [-0.25, -0.2) is 0 Å². The van der Waals surface area contributed by atoms with E-state index >= 15 is 0 Å². The minimum absolute atomic E-state index is 0.323. The van der Waals surface area contributed by atoms with Gasteiger partial charge in [-0.05, 0) is 52.0 Å². The number of carbonyl (C=O) groups is 2. The van der Waals surface area contributed by atoms with Crippen molar-refractivity contribution in [2.45, 2.75) is 66.0 Å². The molecule has 0 radical (unpaired) electrons. The van der Waals surface area contributed by atoms with Gasteiger partial charge in [-0.2, -0.15) is 0 Å². The molecule has 1 heterocycles. The highest BCUT2D eigenvalue weighted by Gasteiger charge is 2.44. The van der Waals surface area contributed by atoms with Crippen molar-refractivity contribution in [1.82, 2.24) is 5.32 Å². The second kappa shape index (κ2) is 10.9. The molecule has 1 amide bonds. The molecule has 1 aliphatic heterocycles. The van der Waals surface area contributed by atoms with Crippen LogP contribution in [0.4, 0.5) is 0 Å². The van der Waals surface area contributed by atoms with Crippen LogP contribution >= 0.6 is 0 Å². The molecule has 4 nitrogen and oxygen atoms in total. The van der Waals surface area contributed by atoms with Gasteiger partial charge in [-0.3, -0.25) is 9.59 Å². The predicted octanol–water partition coefficient (Wildman–Crippen LogP) is 3.88. The summed E-state index contributed by atoms with van der Waals surface area (Å²) in [5.41, 5.74) is 2.45. The van der Waals surface area contributed by atoms with E-state index in [2.05, 4.69) is 43.5 Å². The molecule has 2 unspecified atom stereocenters. The molecule has 0 aromatic rings. The fourth-order valence-corrected chi connectivity index (χ4v) is 2.92. The van der Waals surface area contributed by atoms with E-state index in [9.17, 15) is 14.7 Å². The maximum absolute atomic E-state index is 12.3. The van der Waals surface area contributed by atoms with Gasteiger partial charge >= 0.3 is 0 Å². The smallest absolute Gasteiger partial charge is 0.233 e. The van der Waals surface area contributed by atoms with Gasteiger partial charge < -0.3 is 10.4 Å². The average Bonchev–Trinajstić information content (AvgIpc) is 2.84. The highest BCUT2D eigenvalue weighted by atomic mass is 16.3. The van der Waals surface area contributed by atoms with Gasteiger partial charge in [0.25, 0.3) is 0 Å². The third-order valence-corrected chi connectivity index (χ3v) is 4.56. The van der Waals surface area contributed by atoms with Gasteiger partial charge in [0.1, 0.15) is 5.92 Å². The molecule has 0 aliphatic carbocycles. The van der Waals surface area contributed by atoms with Crippen LogP contribution in [0.3, 0.4) is 0 Å². The first-order chi connectivity index (χ1) is 12.3. The first-order valence-corrected chi connectivity index (χ1v) is 9.40. The van der Waals surface area contributed by atoms with Crippen LogP contribution in [0.2, 0.25) is 0 Å². The molecule has 1 aliphatic rings. The summed E-state index contributed by atoms with van der Waals surface area (Å²) in [5, 5.41) is 13.0. The quantitative estimate of drug-likeness (QED) is 0.284.